The van der Waals surface area contributed by atoms with Gasteiger partial charge in [-0.1, -0.05) is 6.07 Å². The van der Waals surface area contributed by atoms with Gasteiger partial charge in [-0.05, 0) is 42.9 Å². The molecule has 6 nitrogen and oxygen atoms in total. The van der Waals surface area contributed by atoms with Crippen LogP contribution in [0.5, 0.6) is 11.5 Å². The first-order valence-corrected chi connectivity index (χ1v) is 6.69. The van der Waals surface area contributed by atoms with Crippen LogP contribution in [0.15, 0.2) is 23.9 Å². The van der Waals surface area contributed by atoms with Crippen LogP contribution in [0.4, 0.5) is 0 Å². The molecule has 7 heteroatoms. The number of esters is 1. The molecule has 1 saturated heterocycles. The number of carbonyl (C=O) groups is 2. The van der Waals surface area contributed by atoms with Crippen molar-refractivity contribution in [3.63, 3.8) is 0 Å². The second kappa shape index (κ2) is 6.36. The normalized spacial score (nSPS) is 15.6. The molecule has 2 rings (SSSR count). The number of amides is 1. The van der Waals surface area contributed by atoms with Crippen LogP contribution >= 0.6 is 12.2 Å². The van der Waals surface area contributed by atoms with Crippen molar-refractivity contribution in [2.24, 2.45) is 0 Å². The third-order valence-electron chi connectivity index (χ3n) is 2.55. The zero-order valence-electron chi connectivity index (χ0n) is 11.6. The topological polar surface area (TPSA) is 76.7 Å². The minimum atomic E-state index is -0.427. The van der Waals surface area contributed by atoms with Crippen molar-refractivity contribution in [3.8, 4) is 11.5 Å². The van der Waals surface area contributed by atoms with Crippen LogP contribution in [-0.4, -0.2) is 23.6 Å². The Morgan fingerprint density at radius 2 is 2.10 bits per heavy atom. The van der Waals surface area contributed by atoms with E-state index in [9.17, 15) is 9.59 Å². The first-order chi connectivity index (χ1) is 9.99. The Labute approximate surface area is 127 Å². The van der Waals surface area contributed by atoms with Gasteiger partial charge in [0.15, 0.2) is 16.6 Å². The maximum atomic E-state index is 11.6. The first-order valence-electron chi connectivity index (χ1n) is 6.29. The van der Waals surface area contributed by atoms with E-state index in [0.717, 1.165) is 5.56 Å². The molecule has 1 aromatic carbocycles. The molecular weight excluding hydrogens is 292 g/mol. The van der Waals surface area contributed by atoms with Gasteiger partial charge in [-0.15, -0.1) is 0 Å². The summed E-state index contributed by atoms with van der Waals surface area (Å²) in [6.45, 7) is 3.57. The Kier molecular flexibility index (Phi) is 4.54. The molecule has 2 N–H and O–H groups in total. The Morgan fingerprint density at radius 1 is 1.33 bits per heavy atom. The molecule has 1 fully saturated rings. The largest absolute Gasteiger partial charge is 0.490 e. The van der Waals surface area contributed by atoms with Crippen LogP contribution in [0.25, 0.3) is 6.08 Å². The van der Waals surface area contributed by atoms with Crippen molar-refractivity contribution < 1.29 is 19.1 Å². The summed E-state index contributed by atoms with van der Waals surface area (Å²) in [5.41, 5.74) is 1.07. The summed E-state index contributed by atoms with van der Waals surface area (Å²) in [4.78, 5) is 22.6. The highest BCUT2D eigenvalue weighted by Crippen LogP contribution is 2.29. The van der Waals surface area contributed by atoms with E-state index in [0.29, 0.717) is 23.8 Å². The summed E-state index contributed by atoms with van der Waals surface area (Å²) in [6, 6.07) is 5.01. The predicted molar refractivity (Wildman–Crippen MR) is 80.8 cm³/mol. The second-order valence-electron chi connectivity index (χ2n) is 4.20. The molecule has 0 atom stereocenters. The monoisotopic (exact) mass is 306 g/mol. The number of benzene rings is 1. The molecule has 1 amide bonds. The molecule has 0 spiro atoms. The van der Waals surface area contributed by atoms with Crippen LogP contribution in [-0.2, 0) is 9.59 Å². The van der Waals surface area contributed by atoms with Gasteiger partial charge in [-0.25, -0.2) is 0 Å². The average Bonchev–Trinajstić information content (AvgIpc) is 2.71. The average molecular weight is 306 g/mol. The molecule has 21 heavy (non-hydrogen) atoms. The molecule has 1 aliphatic rings. The maximum absolute atomic E-state index is 11.6. The quantitative estimate of drug-likeness (QED) is 0.378. The number of carbonyl (C=O) groups excluding carboxylic acids is 2. The van der Waals surface area contributed by atoms with Gasteiger partial charge in [-0.2, -0.15) is 0 Å². The van der Waals surface area contributed by atoms with E-state index in [-0.39, 0.29) is 11.0 Å². The SMILES string of the molecule is CCOc1cc(C=C2NC(=S)NC2=O)ccc1OC(C)=O. The van der Waals surface area contributed by atoms with Crippen LogP contribution < -0.4 is 20.1 Å². The molecule has 1 aromatic rings. The maximum Gasteiger partial charge on any atom is 0.308 e. The summed E-state index contributed by atoms with van der Waals surface area (Å²) in [6.07, 6.45) is 1.63. The third-order valence-corrected chi connectivity index (χ3v) is 2.76. The Bertz CT molecular complexity index is 640. The number of ether oxygens (including phenoxy) is 2. The fourth-order valence-electron chi connectivity index (χ4n) is 1.77. The van der Waals surface area contributed by atoms with Gasteiger partial charge in [0.25, 0.3) is 5.91 Å². The molecule has 0 aromatic heterocycles. The molecule has 1 heterocycles. The van der Waals surface area contributed by atoms with E-state index >= 15 is 0 Å². The minimum Gasteiger partial charge on any atom is -0.490 e. The zero-order valence-corrected chi connectivity index (χ0v) is 12.4. The standard InChI is InChI=1S/C14H14N2O4S/c1-3-19-12-7-9(4-5-11(12)20-8(2)17)6-10-13(18)16-14(21)15-10/h4-7H,3H2,1-2H3,(H2,15,16,18,21). The third kappa shape index (κ3) is 3.79. The molecular formula is C14H14N2O4S. The fraction of sp³-hybridized carbons (Fsp3) is 0.214. The summed E-state index contributed by atoms with van der Waals surface area (Å²) in [5, 5.41) is 5.50. The molecule has 110 valence electrons. The Hall–Kier alpha value is -2.41. The van der Waals surface area contributed by atoms with E-state index in [2.05, 4.69) is 10.6 Å². The summed E-state index contributed by atoms with van der Waals surface area (Å²) < 4.78 is 10.5. The molecule has 0 unspecified atom stereocenters. The summed E-state index contributed by atoms with van der Waals surface area (Å²) in [5.74, 6) is 0.0557. The van der Waals surface area contributed by atoms with Crippen molar-refractivity contribution in [1.82, 2.24) is 10.6 Å². The van der Waals surface area contributed by atoms with Gasteiger partial charge in [0, 0.05) is 6.92 Å². The molecule has 0 radical (unpaired) electrons. The Balaban J connectivity index is 2.31. The Morgan fingerprint density at radius 3 is 2.67 bits per heavy atom. The lowest BCUT2D eigenvalue weighted by molar-refractivity contribution is -0.132. The number of nitrogens with one attached hydrogen (secondary N) is 2. The van der Waals surface area contributed by atoms with E-state index in [1.807, 2.05) is 6.92 Å². The second-order valence-corrected chi connectivity index (χ2v) is 4.61. The molecule has 0 aliphatic carbocycles. The van der Waals surface area contributed by atoms with Crippen molar-refractivity contribution >= 4 is 35.3 Å². The van der Waals surface area contributed by atoms with Gasteiger partial charge in [0.05, 0.1) is 6.61 Å². The summed E-state index contributed by atoms with van der Waals surface area (Å²) >= 11 is 4.86. The first kappa shape index (κ1) is 15.0. The number of thiocarbonyl (C=S) groups is 1. The summed E-state index contributed by atoms with van der Waals surface area (Å²) in [7, 11) is 0. The van der Waals surface area contributed by atoms with E-state index in [1.165, 1.54) is 6.92 Å². The van der Waals surface area contributed by atoms with Crippen LogP contribution in [0.1, 0.15) is 19.4 Å². The highest BCUT2D eigenvalue weighted by molar-refractivity contribution is 7.80. The van der Waals surface area contributed by atoms with Crippen LogP contribution in [0, 0.1) is 0 Å². The van der Waals surface area contributed by atoms with Gasteiger partial charge in [0.1, 0.15) is 5.70 Å². The van der Waals surface area contributed by atoms with Crippen LogP contribution in [0.3, 0.4) is 0 Å². The fourth-order valence-corrected chi connectivity index (χ4v) is 1.97. The van der Waals surface area contributed by atoms with E-state index in [1.54, 1.807) is 24.3 Å². The number of hydrogen-bond acceptors (Lipinski definition) is 5. The lowest BCUT2D eigenvalue weighted by Gasteiger charge is -2.10. The van der Waals surface area contributed by atoms with Crippen molar-refractivity contribution in [3.05, 3.63) is 29.5 Å². The van der Waals surface area contributed by atoms with Crippen molar-refractivity contribution in [2.75, 3.05) is 6.61 Å². The number of hydrogen-bond donors (Lipinski definition) is 2. The van der Waals surface area contributed by atoms with E-state index in [4.69, 9.17) is 21.7 Å². The highest BCUT2D eigenvalue weighted by Gasteiger charge is 2.20. The lowest BCUT2D eigenvalue weighted by atomic mass is 10.1. The van der Waals surface area contributed by atoms with Crippen molar-refractivity contribution in [2.45, 2.75) is 13.8 Å². The van der Waals surface area contributed by atoms with Crippen LogP contribution in [0.2, 0.25) is 0 Å². The highest BCUT2D eigenvalue weighted by atomic mass is 32.1. The lowest BCUT2D eigenvalue weighted by Crippen LogP contribution is -2.21. The number of rotatable bonds is 4. The molecule has 0 bridgehead atoms. The van der Waals surface area contributed by atoms with Gasteiger partial charge < -0.3 is 14.8 Å². The predicted octanol–water partition coefficient (Wildman–Crippen LogP) is 1.36. The molecule has 0 saturated carbocycles. The minimum absolute atomic E-state index is 0.271. The van der Waals surface area contributed by atoms with E-state index < -0.39 is 5.97 Å². The zero-order chi connectivity index (χ0) is 15.4. The van der Waals surface area contributed by atoms with Crippen molar-refractivity contribution in [1.29, 1.82) is 0 Å². The van der Waals surface area contributed by atoms with Gasteiger partial charge in [-0.3, -0.25) is 14.9 Å². The van der Waals surface area contributed by atoms with Gasteiger partial charge >= 0.3 is 5.97 Å². The molecule has 1 aliphatic heterocycles. The smallest absolute Gasteiger partial charge is 0.308 e. The van der Waals surface area contributed by atoms with Gasteiger partial charge in [0.2, 0.25) is 0 Å².